The average Bonchev–Trinajstić information content (AvgIpc) is 2.46. The molecule has 0 unspecified atom stereocenters. The normalized spacial score (nSPS) is 22.6. The maximum atomic E-state index is 12.0. The van der Waals surface area contributed by atoms with Gasteiger partial charge in [-0.3, -0.25) is 0 Å². The monoisotopic (exact) mass is 278 g/mol. The number of nitrogens with two attached hydrogens (primary N) is 1. The molecule has 1 aliphatic heterocycles. The van der Waals surface area contributed by atoms with Gasteiger partial charge in [0.25, 0.3) is 0 Å². The molecule has 0 radical (unpaired) electrons. The van der Waals surface area contributed by atoms with E-state index in [1.807, 2.05) is 0 Å². The predicted octanol–water partition coefficient (Wildman–Crippen LogP) is 2.71. The van der Waals surface area contributed by atoms with E-state index in [0.717, 1.165) is 44.5 Å². The van der Waals surface area contributed by atoms with Crippen molar-refractivity contribution in [1.29, 1.82) is 0 Å². The number of carbonyl (C=O) groups is 1. The van der Waals surface area contributed by atoms with E-state index >= 15 is 0 Å². The fourth-order valence-corrected chi connectivity index (χ4v) is 2.56. The molecule has 2 aliphatic rings. The van der Waals surface area contributed by atoms with E-state index in [9.17, 15) is 4.79 Å². The molecule has 1 amide bonds. The summed E-state index contributed by atoms with van der Waals surface area (Å²) in [6.45, 7) is 7.03. The highest BCUT2D eigenvalue weighted by Crippen LogP contribution is 2.28. The summed E-state index contributed by atoms with van der Waals surface area (Å²) in [5, 5.41) is 0. The summed E-state index contributed by atoms with van der Waals surface area (Å²) in [6, 6.07) is 0. The summed E-state index contributed by atoms with van der Waals surface area (Å²) in [7, 11) is 0. The molecule has 0 aromatic carbocycles. The van der Waals surface area contributed by atoms with Gasteiger partial charge in [0.1, 0.15) is 6.61 Å². The van der Waals surface area contributed by atoms with Crippen LogP contribution in [-0.4, -0.2) is 37.2 Å². The lowest BCUT2D eigenvalue weighted by atomic mass is 9.84. The number of ether oxygens (including phenoxy) is 1. The van der Waals surface area contributed by atoms with Crippen molar-refractivity contribution in [1.82, 2.24) is 4.90 Å². The summed E-state index contributed by atoms with van der Waals surface area (Å²) in [6.07, 6.45) is 9.19. The molecule has 0 atom stereocenters. The van der Waals surface area contributed by atoms with E-state index in [1.54, 1.807) is 4.90 Å². The van der Waals surface area contributed by atoms with Crippen LogP contribution in [0, 0.1) is 11.3 Å². The Bertz CT molecular complexity index is 405. The van der Waals surface area contributed by atoms with Crippen LogP contribution < -0.4 is 5.73 Å². The minimum Gasteiger partial charge on any atom is -0.445 e. The minimum atomic E-state index is -0.195. The Labute approximate surface area is 121 Å². The molecule has 2 rings (SSSR count). The number of allylic oxidation sites excluding steroid dienone is 2. The molecular formula is C16H26N2O2. The standard InChI is InChI=1S/C16H26N2O2/c1-16(2)7-3-14(4-8-16)12-20-15(19)18-9-5-13(11-17)6-10-18/h3-4,7,13H,5-6,8-12,17H2,1-2H3. The third kappa shape index (κ3) is 4.10. The Morgan fingerprint density at radius 3 is 2.70 bits per heavy atom. The summed E-state index contributed by atoms with van der Waals surface area (Å²) in [5.41, 5.74) is 6.97. The second kappa shape index (κ2) is 6.44. The van der Waals surface area contributed by atoms with Gasteiger partial charge in [-0.1, -0.05) is 32.1 Å². The number of nitrogens with zero attached hydrogens (tertiary/aromatic N) is 1. The molecule has 112 valence electrons. The summed E-state index contributed by atoms with van der Waals surface area (Å²) in [4.78, 5) is 13.8. The van der Waals surface area contributed by atoms with Crippen LogP contribution in [0.15, 0.2) is 23.8 Å². The smallest absolute Gasteiger partial charge is 0.410 e. The van der Waals surface area contributed by atoms with Crippen LogP contribution in [0.5, 0.6) is 0 Å². The maximum absolute atomic E-state index is 12.0. The molecule has 4 nitrogen and oxygen atoms in total. The van der Waals surface area contributed by atoms with Gasteiger partial charge in [0, 0.05) is 13.1 Å². The predicted molar refractivity (Wildman–Crippen MR) is 80.3 cm³/mol. The van der Waals surface area contributed by atoms with Crippen LogP contribution in [0.3, 0.4) is 0 Å². The number of amides is 1. The Hall–Kier alpha value is -1.29. The summed E-state index contributed by atoms with van der Waals surface area (Å²) < 4.78 is 5.39. The lowest BCUT2D eigenvalue weighted by molar-refractivity contribution is 0.0955. The van der Waals surface area contributed by atoms with Crippen LogP contribution in [0.4, 0.5) is 4.79 Å². The highest BCUT2D eigenvalue weighted by Gasteiger charge is 2.23. The molecule has 0 aromatic rings. The number of piperidine rings is 1. The van der Waals surface area contributed by atoms with Crippen molar-refractivity contribution in [2.75, 3.05) is 26.2 Å². The molecule has 1 aliphatic carbocycles. The molecule has 0 spiro atoms. The van der Waals surface area contributed by atoms with Crippen LogP contribution in [-0.2, 0) is 4.74 Å². The summed E-state index contributed by atoms with van der Waals surface area (Å²) >= 11 is 0. The van der Waals surface area contributed by atoms with Crippen LogP contribution >= 0.6 is 0 Å². The van der Waals surface area contributed by atoms with Crippen LogP contribution in [0.25, 0.3) is 0 Å². The Balaban J connectivity index is 1.74. The fraction of sp³-hybridized carbons (Fsp3) is 0.688. The van der Waals surface area contributed by atoms with E-state index in [0.29, 0.717) is 12.5 Å². The number of carbonyl (C=O) groups excluding carboxylic acids is 1. The molecule has 4 heteroatoms. The molecule has 0 aromatic heterocycles. The molecule has 0 bridgehead atoms. The SMILES string of the molecule is CC1(C)C=CC(COC(=O)N2CCC(CN)CC2)=CC1. The van der Waals surface area contributed by atoms with Crippen molar-refractivity contribution in [2.45, 2.75) is 33.1 Å². The molecule has 1 heterocycles. The lowest BCUT2D eigenvalue weighted by Crippen LogP contribution is -2.40. The van der Waals surface area contributed by atoms with Gasteiger partial charge >= 0.3 is 6.09 Å². The first-order chi connectivity index (χ1) is 9.50. The first kappa shape index (κ1) is 15.1. The minimum absolute atomic E-state index is 0.195. The summed E-state index contributed by atoms with van der Waals surface area (Å²) in [5.74, 6) is 0.560. The Kier molecular flexibility index (Phi) is 4.86. The van der Waals surface area contributed by atoms with Gasteiger partial charge in [0.2, 0.25) is 0 Å². The third-order valence-electron chi connectivity index (χ3n) is 4.21. The topological polar surface area (TPSA) is 55.6 Å². The van der Waals surface area contributed by atoms with Gasteiger partial charge < -0.3 is 15.4 Å². The molecule has 0 saturated carbocycles. The molecule has 1 saturated heterocycles. The molecule has 20 heavy (non-hydrogen) atoms. The van der Waals surface area contributed by atoms with Gasteiger partial charge in [-0.05, 0) is 42.7 Å². The van der Waals surface area contributed by atoms with Crippen LogP contribution in [0.1, 0.15) is 33.1 Å². The maximum Gasteiger partial charge on any atom is 0.410 e. The van der Waals surface area contributed by atoms with E-state index in [2.05, 4.69) is 32.1 Å². The van der Waals surface area contributed by atoms with Crippen molar-refractivity contribution in [2.24, 2.45) is 17.1 Å². The third-order valence-corrected chi connectivity index (χ3v) is 4.21. The molecule has 1 fully saturated rings. The van der Waals surface area contributed by atoms with Crippen molar-refractivity contribution in [3.63, 3.8) is 0 Å². The van der Waals surface area contributed by atoms with Gasteiger partial charge in [0.05, 0.1) is 0 Å². The number of rotatable bonds is 3. The van der Waals surface area contributed by atoms with Crippen molar-refractivity contribution >= 4 is 6.09 Å². The van der Waals surface area contributed by atoms with Crippen molar-refractivity contribution in [3.05, 3.63) is 23.8 Å². The van der Waals surface area contributed by atoms with E-state index < -0.39 is 0 Å². The first-order valence-electron chi connectivity index (χ1n) is 7.50. The number of hydrogen-bond acceptors (Lipinski definition) is 3. The van der Waals surface area contributed by atoms with Gasteiger partial charge in [-0.15, -0.1) is 0 Å². The van der Waals surface area contributed by atoms with Gasteiger partial charge in [-0.25, -0.2) is 4.79 Å². The number of likely N-dealkylation sites (tertiary alicyclic amines) is 1. The van der Waals surface area contributed by atoms with E-state index in [-0.39, 0.29) is 11.5 Å². The van der Waals surface area contributed by atoms with E-state index in [1.165, 1.54) is 0 Å². The molecule has 2 N–H and O–H groups in total. The highest BCUT2D eigenvalue weighted by molar-refractivity contribution is 5.68. The second-order valence-corrected chi connectivity index (χ2v) is 6.53. The fourth-order valence-electron chi connectivity index (χ4n) is 2.56. The second-order valence-electron chi connectivity index (χ2n) is 6.53. The van der Waals surface area contributed by atoms with Crippen molar-refractivity contribution < 1.29 is 9.53 Å². The quantitative estimate of drug-likeness (QED) is 0.863. The molecular weight excluding hydrogens is 252 g/mol. The van der Waals surface area contributed by atoms with E-state index in [4.69, 9.17) is 10.5 Å². The zero-order chi connectivity index (χ0) is 14.6. The largest absolute Gasteiger partial charge is 0.445 e. The zero-order valence-electron chi connectivity index (χ0n) is 12.6. The average molecular weight is 278 g/mol. The van der Waals surface area contributed by atoms with Crippen molar-refractivity contribution in [3.8, 4) is 0 Å². The lowest BCUT2D eigenvalue weighted by Gasteiger charge is -2.30. The van der Waals surface area contributed by atoms with Crippen LogP contribution in [0.2, 0.25) is 0 Å². The number of hydrogen-bond donors (Lipinski definition) is 1. The zero-order valence-corrected chi connectivity index (χ0v) is 12.6. The first-order valence-corrected chi connectivity index (χ1v) is 7.50. The van der Waals surface area contributed by atoms with Gasteiger partial charge in [-0.2, -0.15) is 0 Å². The Morgan fingerprint density at radius 1 is 1.45 bits per heavy atom. The highest BCUT2D eigenvalue weighted by atomic mass is 16.6. The Morgan fingerprint density at radius 2 is 2.15 bits per heavy atom. The van der Waals surface area contributed by atoms with Gasteiger partial charge in [0.15, 0.2) is 0 Å².